The van der Waals surface area contributed by atoms with Crippen LogP contribution in [0.5, 0.6) is 5.75 Å². The van der Waals surface area contributed by atoms with Crippen molar-refractivity contribution in [2.75, 3.05) is 13.7 Å². The van der Waals surface area contributed by atoms with Gasteiger partial charge in [-0.3, -0.25) is 0 Å². The Bertz CT molecular complexity index is 882. The van der Waals surface area contributed by atoms with E-state index in [2.05, 4.69) is 25.7 Å². The lowest BCUT2D eigenvalue weighted by Gasteiger charge is -2.13. The number of aliphatic imine (C=N–C) groups is 1. The summed E-state index contributed by atoms with van der Waals surface area (Å²) in [6.07, 6.45) is 5.38. The second-order valence-corrected chi connectivity index (χ2v) is 5.83. The van der Waals surface area contributed by atoms with Gasteiger partial charge in [0, 0.05) is 37.2 Å². The van der Waals surface area contributed by atoms with E-state index in [0.717, 1.165) is 35.2 Å². The highest BCUT2D eigenvalue weighted by molar-refractivity contribution is 14.0. The van der Waals surface area contributed by atoms with E-state index < -0.39 is 0 Å². The normalized spacial score (nSPS) is 10.9. The highest BCUT2D eigenvalue weighted by Gasteiger charge is 2.04. The Hall–Kier alpha value is -2.62. The number of hydrogen-bond donors (Lipinski definition) is 2. The first-order chi connectivity index (χ1) is 13.3. The van der Waals surface area contributed by atoms with Gasteiger partial charge in [0.2, 0.25) is 0 Å². The van der Waals surface area contributed by atoms with E-state index in [0.29, 0.717) is 13.1 Å². The summed E-state index contributed by atoms with van der Waals surface area (Å²) in [5, 5.41) is 10.8. The fraction of sp³-hybridized carbons (Fsp3) is 0.250. The minimum absolute atomic E-state index is 0. The number of para-hydroxylation sites is 1. The van der Waals surface area contributed by atoms with Crippen LogP contribution in [0, 0.1) is 0 Å². The molecule has 0 fully saturated rings. The SMILES string of the molecule is CCNC(=NCc1ccnc(-n2cccn2)c1)NCc1ccccc1OC.I. The molecule has 1 aromatic carbocycles. The summed E-state index contributed by atoms with van der Waals surface area (Å²) in [5.41, 5.74) is 2.14. The summed E-state index contributed by atoms with van der Waals surface area (Å²) in [7, 11) is 1.68. The van der Waals surface area contributed by atoms with Gasteiger partial charge < -0.3 is 15.4 Å². The van der Waals surface area contributed by atoms with Gasteiger partial charge in [-0.05, 0) is 36.8 Å². The van der Waals surface area contributed by atoms with Crippen molar-refractivity contribution in [3.63, 3.8) is 0 Å². The Morgan fingerprint density at radius 1 is 1.14 bits per heavy atom. The molecule has 0 atom stereocenters. The number of aromatic nitrogens is 3. The lowest BCUT2D eigenvalue weighted by molar-refractivity contribution is 0.409. The summed E-state index contributed by atoms with van der Waals surface area (Å²) in [6, 6.07) is 13.8. The molecule has 0 spiro atoms. The Balaban J connectivity index is 0.00000280. The van der Waals surface area contributed by atoms with Crippen LogP contribution in [0.1, 0.15) is 18.1 Å². The summed E-state index contributed by atoms with van der Waals surface area (Å²) in [4.78, 5) is 9.02. The standard InChI is InChI=1S/C20H24N6O.HI/c1-3-21-20(24-15-17-7-4-5-8-18(17)27-2)23-14-16-9-11-22-19(13-16)26-12-6-10-25-26;/h4-13H,3,14-15H2,1-2H3,(H2,21,23,24);1H. The highest BCUT2D eigenvalue weighted by Crippen LogP contribution is 2.16. The van der Waals surface area contributed by atoms with E-state index in [4.69, 9.17) is 4.74 Å². The maximum atomic E-state index is 5.40. The molecule has 3 aromatic rings. The number of nitrogens with zero attached hydrogens (tertiary/aromatic N) is 4. The molecule has 0 saturated heterocycles. The largest absolute Gasteiger partial charge is 0.496 e. The number of halogens is 1. The molecule has 148 valence electrons. The van der Waals surface area contributed by atoms with Crippen molar-refractivity contribution in [1.82, 2.24) is 25.4 Å². The minimum Gasteiger partial charge on any atom is -0.496 e. The number of nitrogens with one attached hydrogen (secondary N) is 2. The van der Waals surface area contributed by atoms with Crippen molar-refractivity contribution in [3.8, 4) is 11.6 Å². The summed E-state index contributed by atoms with van der Waals surface area (Å²) in [6.45, 7) is 4.00. The fourth-order valence-corrected chi connectivity index (χ4v) is 2.63. The number of benzene rings is 1. The van der Waals surface area contributed by atoms with Crippen LogP contribution in [0.15, 0.2) is 66.0 Å². The zero-order valence-corrected chi connectivity index (χ0v) is 18.3. The van der Waals surface area contributed by atoms with Crippen molar-refractivity contribution < 1.29 is 4.74 Å². The first-order valence-electron chi connectivity index (χ1n) is 8.89. The molecule has 28 heavy (non-hydrogen) atoms. The third kappa shape index (κ3) is 5.95. The number of hydrogen-bond acceptors (Lipinski definition) is 4. The Kier molecular flexibility index (Phi) is 8.73. The molecule has 7 nitrogen and oxygen atoms in total. The predicted octanol–water partition coefficient (Wildman–Crippen LogP) is 3.15. The summed E-state index contributed by atoms with van der Waals surface area (Å²) >= 11 is 0. The van der Waals surface area contributed by atoms with Crippen molar-refractivity contribution in [2.24, 2.45) is 4.99 Å². The molecular formula is C20H25IN6O. The number of rotatable bonds is 7. The lowest BCUT2D eigenvalue weighted by atomic mass is 10.2. The fourth-order valence-electron chi connectivity index (χ4n) is 2.63. The number of ether oxygens (including phenoxy) is 1. The van der Waals surface area contributed by atoms with Gasteiger partial charge in [-0.25, -0.2) is 14.7 Å². The third-order valence-electron chi connectivity index (χ3n) is 3.95. The average Bonchev–Trinajstić information content (AvgIpc) is 3.25. The molecule has 0 unspecified atom stereocenters. The first kappa shape index (κ1) is 21.7. The molecule has 0 aliphatic rings. The molecule has 2 heterocycles. The van der Waals surface area contributed by atoms with E-state index in [1.165, 1.54) is 0 Å². The van der Waals surface area contributed by atoms with Gasteiger partial charge in [0.25, 0.3) is 0 Å². The molecule has 0 bridgehead atoms. The number of methoxy groups -OCH3 is 1. The van der Waals surface area contributed by atoms with Gasteiger partial charge in [0.05, 0.1) is 13.7 Å². The number of guanidine groups is 1. The third-order valence-corrected chi connectivity index (χ3v) is 3.95. The Morgan fingerprint density at radius 3 is 2.75 bits per heavy atom. The smallest absolute Gasteiger partial charge is 0.191 e. The molecular weight excluding hydrogens is 467 g/mol. The van der Waals surface area contributed by atoms with Crippen molar-refractivity contribution in [3.05, 3.63) is 72.2 Å². The van der Waals surface area contributed by atoms with Crippen molar-refractivity contribution >= 4 is 29.9 Å². The topological polar surface area (TPSA) is 76.4 Å². The van der Waals surface area contributed by atoms with Crippen LogP contribution < -0.4 is 15.4 Å². The Morgan fingerprint density at radius 2 is 2.00 bits per heavy atom. The quantitative estimate of drug-likeness (QED) is 0.301. The maximum Gasteiger partial charge on any atom is 0.191 e. The zero-order valence-electron chi connectivity index (χ0n) is 16.0. The molecule has 8 heteroatoms. The zero-order chi connectivity index (χ0) is 18.9. The minimum atomic E-state index is 0. The molecule has 0 aliphatic carbocycles. The van der Waals surface area contributed by atoms with Crippen LogP contribution in [0.4, 0.5) is 0 Å². The number of pyridine rings is 1. The van der Waals surface area contributed by atoms with Crippen LogP contribution in [0.2, 0.25) is 0 Å². The lowest BCUT2D eigenvalue weighted by Crippen LogP contribution is -2.36. The molecule has 0 saturated carbocycles. The van der Waals surface area contributed by atoms with Crippen LogP contribution in [0.3, 0.4) is 0 Å². The molecule has 2 aromatic heterocycles. The van der Waals surface area contributed by atoms with E-state index in [-0.39, 0.29) is 24.0 Å². The van der Waals surface area contributed by atoms with Crippen LogP contribution in [-0.4, -0.2) is 34.4 Å². The van der Waals surface area contributed by atoms with Gasteiger partial charge in [0.15, 0.2) is 11.8 Å². The first-order valence-corrected chi connectivity index (χ1v) is 8.89. The van der Waals surface area contributed by atoms with E-state index in [9.17, 15) is 0 Å². The van der Waals surface area contributed by atoms with E-state index in [1.807, 2.05) is 55.6 Å². The molecule has 0 radical (unpaired) electrons. The van der Waals surface area contributed by atoms with Gasteiger partial charge in [-0.1, -0.05) is 18.2 Å². The molecule has 0 aliphatic heterocycles. The summed E-state index contributed by atoms with van der Waals surface area (Å²) in [5.74, 6) is 2.39. The van der Waals surface area contributed by atoms with E-state index in [1.54, 1.807) is 24.2 Å². The van der Waals surface area contributed by atoms with Crippen LogP contribution in [-0.2, 0) is 13.1 Å². The molecule has 0 amide bonds. The van der Waals surface area contributed by atoms with Gasteiger partial charge in [0.1, 0.15) is 5.75 Å². The summed E-state index contributed by atoms with van der Waals surface area (Å²) < 4.78 is 7.13. The van der Waals surface area contributed by atoms with Crippen LogP contribution in [0.25, 0.3) is 5.82 Å². The van der Waals surface area contributed by atoms with Gasteiger partial charge in [-0.15, -0.1) is 24.0 Å². The van der Waals surface area contributed by atoms with Gasteiger partial charge in [-0.2, -0.15) is 5.10 Å². The van der Waals surface area contributed by atoms with Crippen LogP contribution >= 0.6 is 24.0 Å². The Labute approximate surface area is 182 Å². The second-order valence-electron chi connectivity index (χ2n) is 5.83. The van der Waals surface area contributed by atoms with E-state index >= 15 is 0 Å². The maximum absolute atomic E-state index is 5.40. The van der Waals surface area contributed by atoms with Gasteiger partial charge >= 0.3 is 0 Å². The second kappa shape index (κ2) is 11.3. The predicted molar refractivity (Wildman–Crippen MR) is 121 cm³/mol. The average molecular weight is 492 g/mol. The van der Waals surface area contributed by atoms with Crippen molar-refractivity contribution in [1.29, 1.82) is 0 Å². The highest BCUT2D eigenvalue weighted by atomic mass is 127. The van der Waals surface area contributed by atoms with Crippen molar-refractivity contribution in [2.45, 2.75) is 20.0 Å². The molecule has 2 N–H and O–H groups in total. The molecule has 3 rings (SSSR count). The monoisotopic (exact) mass is 492 g/mol.